The van der Waals surface area contributed by atoms with Gasteiger partial charge in [-0.3, -0.25) is 0 Å². The summed E-state index contributed by atoms with van der Waals surface area (Å²) in [6, 6.07) is 0. The SMILES string of the molecule is CCCCC(CC)C[S+]=P(O)(O)SC. The van der Waals surface area contributed by atoms with Crippen molar-refractivity contribution in [1.82, 2.24) is 0 Å². The van der Waals surface area contributed by atoms with Gasteiger partial charge in [0.05, 0.1) is 0 Å². The molecule has 0 radical (unpaired) electrons. The quantitative estimate of drug-likeness (QED) is 0.543. The number of rotatable bonds is 7. The van der Waals surface area contributed by atoms with E-state index in [1.165, 1.54) is 41.6 Å². The molecule has 1 atom stereocenters. The summed E-state index contributed by atoms with van der Waals surface area (Å²) in [6.07, 6.45) is 6.59. The third-order valence-electron chi connectivity index (χ3n) is 2.26. The molecule has 0 aliphatic rings. The summed E-state index contributed by atoms with van der Waals surface area (Å²) in [6.45, 7) is 4.37. The summed E-state index contributed by atoms with van der Waals surface area (Å²) >= 11 is 1.19. The van der Waals surface area contributed by atoms with E-state index >= 15 is 0 Å². The van der Waals surface area contributed by atoms with Gasteiger partial charge >= 0.3 is 5.69 Å². The van der Waals surface area contributed by atoms with Crippen LogP contribution < -0.4 is 0 Å². The molecule has 0 amide bonds. The molecule has 0 aromatic carbocycles. The summed E-state index contributed by atoms with van der Waals surface area (Å²) in [5.41, 5.74) is -2.69. The van der Waals surface area contributed by atoms with Crippen molar-refractivity contribution in [2.45, 2.75) is 39.5 Å². The highest BCUT2D eigenvalue weighted by Crippen LogP contribution is 2.50. The van der Waals surface area contributed by atoms with Crippen LogP contribution in [-0.2, 0) is 10.9 Å². The second-order valence-electron chi connectivity index (χ2n) is 3.39. The Morgan fingerprint density at radius 3 is 2.43 bits per heavy atom. The molecule has 2 nitrogen and oxygen atoms in total. The Kier molecular flexibility index (Phi) is 8.65. The van der Waals surface area contributed by atoms with Crippen LogP contribution in [0.25, 0.3) is 0 Å². The molecule has 86 valence electrons. The number of hydrogen-bond acceptors (Lipinski definition) is 1. The van der Waals surface area contributed by atoms with Crippen molar-refractivity contribution < 1.29 is 9.79 Å². The van der Waals surface area contributed by atoms with Crippen molar-refractivity contribution in [2.24, 2.45) is 5.92 Å². The summed E-state index contributed by atoms with van der Waals surface area (Å²) in [7, 11) is 1.35. The molecule has 5 heteroatoms. The minimum Gasteiger partial charge on any atom is -0.304 e. The van der Waals surface area contributed by atoms with Crippen molar-refractivity contribution in [2.75, 3.05) is 12.0 Å². The van der Waals surface area contributed by atoms with Gasteiger partial charge in [-0.2, -0.15) is 0 Å². The first-order valence-corrected chi connectivity index (χ1v) is 10.2. The van der Waals surface area contributed by atoms with Crippen LogP contribution in [-0.4, -0.2) is 21.8 Å². The van der Waals surface area contributed by atoms with Crippen LogP contribution in [0.3, 0.4) is 0 Å². The Bertz CT molecular complexity index is 191. The van der Waals surface area contributed by atoms with Gasteiger partial charge in [0.2, 0.25) is 10.9 Å². The summed E-state index contributed by atoms with van der Waals surface area (Å²) in [5, 5.41) is 0. The van der Waals surface area contributed by atoms with Crippen molar-refractivity contribution in [3.8, 4) is 0 Å². The van der Waals surface area contributed by atoms with Crippen LogP contribution in [0.15, 0.2) is 0 Å². The van der Waals surface area contributed by atoms with Gasteiger partial charge in [0.15, 0.2) is 5.75 Å². The largest absolute Gasteiger partial charge is 0.429 e. The van der Waals surface area contributed by atoms with Gasteiger partial charge in [-0.15, -0.1) is 0 Å². The Balaban J connectivity index is 3.99. The Hall–Kier alpha value is 0.920. The second-order valence-corrected chi connectivity index (χ2v) is 10.9. The lowest BCUT2D eigenvalue weighted by Crippen LogP contribution is -2.04. The minimum absolute atomic E-state index is 0.644. The van der Waals surface area contributed by atoms with Crippen molar-refractivity contribution in [1.29, 1.82) is 0 Å². The standard InChI is InChI=1S/C9H22O2PS2/c1-4-6-7-9(5-2)8-14-12(10,11)13-3/h9-11H,4-8H2,1-3H3/q+1. The summed E-state index contributed by atoms with van der Waals surface area (Å²) in [5.74, 6) is 1.53. The van der Waals surface area contributed by atoms with Gasteiger partial charge in [0.1, 0.15) is 0 Å². The minimum atomic E-state index is -2.69. The van der Waals surface area contributed by atoms with Crippen molar-refractivity contribution >= 4 is 28.0 Å². The predicted octanol–water partition coefficient (Wildman–Crippen LogP) is 3.31. The molecule has 0 aromatic heterocycles. The van der Waals surface area contributed by atoms with E-state index < -0.39 is 5.69 Å². The van der Waals surface area contributed by atoms with Crippen LogP contribution in [0.2, 0.25) is 0 Å². The fourth-order valence-electron chi connectivity index (χ4n) is 1.15. The second kappa shape index (κ2) is 8.12. The molecule has 0 aromatic rings. The lowest BCUT2D eigenvalue weighted by Gasteiger charge is -2.06. The van der Waals surface area contributed by atoms with Crippen molar-refractivity contribution in [3.63, 3.8) is 0 Å². The van der Waals surface area contributed by atoms with E-state index in [0.717, 1.165) is 12.2 Å². The fourth-order valence-corrected chi connectivity index (χ4v) is 5.09. The van der Waals surface area contributed by atoms with Crippen LogP contribution >= 0.6 is 17.1 Å². The van der Waals surface area contributed by atoms with Crippen LogP contribution in [0.1, 0.15) is 39.5 Å². The first-order valence-electron chi connectivity index (χ1n) is 5.10. The third-order valence-corrected chi connectivity index (χ3v) is 8.87. The zero-order valence-corrected chi connectivity index (χ0v) is 11.8. The van der Waals surface area contributed by atoms with Crippen LogP contribution in [0.4, 0.5) is 0 Å². The molecule has 0 aliphatic carbocycles. The van der Waals surface area contributed by atoms with Gasteiger partial charge in [0.25, 0.3) is 0 Å². The van der Waals surface area contributed by atoms with E-state index in [1.807, 2.05) is 0 Å². The van der Waals surface area contributed by atoms with Crippen LogP contribution in [0.5, 0.6) is 0 Å². The summed E-state index contributed by atoms with van der Waals surface area (Å²) in [4.78, 5) is 19.0. The molecule has 0 spiro atoms. The molecule has 0 fully saturated rings. The Morgan fingerprint density at radius 2 is 2.00 bits per heavy atom. The predicted molar refractivity (Wildman–Crippen MR) is 70.4 cm³/mol. The highest BCUT2D eigenvalue weighted by Gasteiger charge is 2.23. The Morgan fingerprint density at radius 1 is 1.36 bits per heavy atom. The zero-order valence-electron chi connectivity index (χ0n) is 9.27. The lowest BCUT2D eigenvalue weighted by atomic mass is 10.0. The van der Waals surface area contributed by atoms with Crippen LogP contribution in [0, 0.1) is 5.92 Å². The zero-order chi connectivity index (χ0) is 11.0. The number of unbranched alkanes of at least 4 members (excludes halogenated alkanes) is 1. The molecule has 0 rings (SSSR count). The maximum atomic E-state index is 9.49. The highest BCUT2D eigenvalue weighted by molar-refractivity contribution is 8.69. The molecule has 2 N–H and O–H groups in total. The molecule has 0 aliphatic heterocycles. The van der Waals surface area contributed by atoms with E-state index in [2.05, 4.69) is 13.8 Å². The maximum absolute atomic E-state index is 9.49. The van der Waals surface area contributed by atoms with Gasteiger partial charge < -0.3 is 9.79 Å². The Labute approximate surface area is 95.4 Å². The first-order chi connectivity index (χ1) is 6.55. The van der Waals surface area contributed by atoms with E-state index in [1.54, 1.807) is 6.26 Å². The average Bonchev–Trinajstić information content (AvgIpc) is 2.18. The maximum Gasteiger partial charge on any atom is 0.429 e. The molecule has 14 heavy (non-hydrogen) atoms. The third kappa shape index (κ3) is 7.24. The lowest BCUT2D eigenvalue weighted by molar-refractivity contribution is 0.494. The smallest absolute Gasteiger partial charge is 0.304 e. The van der Waals surface area contributed by atoms with Gasteiger partial charge in [-0.1, -0.05) is 26.7 Å². The molecule has 1 unspecified atom stereocenters. The topological polar surface area (TPSA) is 40.5 Å². The van der Waals surface area contributed by atoms with Crippen molar-refractivity contribution in [3.05, 3.63) is 0 Å². The van der Waals surface area contributed by atoms with E-state index in [-0.39, 0.29) is 0 Å². The summed E-state index contributed by atoms with van der Waals surface area (Å²) < 4.78 is 0. The van der Waals surface area contributed by atoms with E-state index in [9.17, 15) is 9.79 Å². The fraction of sp³-hybridized carbons (Fsp3) is 1.00. The highest BCUT2D eigenvalue weighted by atomic mass is 32.9. The first kappa shape index (κ1) is 14.9. The molecular formula is C9H22O2PS2+. The van der Waals surface area contributed by atoms with Gasteiger partial charge in [-0.25, -0.2) is 0 Å². The van der Waals surface area contributed by atoms with E-state index in [0.29, 0.717) is 5.92 Å². The molecule has 0 saturated heterocycles. The monoisotopic (exact) mass is 257 g/mol. The van der Waals surface area contributed by atoms with E-state index in [4.69, 9.17) is 0 Å². The molecule has 0 saturated carbocycles. The molecule has 0 bridgehead atoms. The molecular weight excluding hydrogens is 235 g/mol. The number of hydrogen-bond donors (Lipinski definition) is 2. The van der Waals surface area contributed by atoms with Gasteiger partial charge in [-0.05, 0) is 30.5 Å². The van der Waals surface area contributed by atoms with Gasteiger partial charge in [0, 0.05) is 5.92 Å². The normalized spacial score (nSPS) is 14.1. The molecule has 0 heterocycles. The average molecular weight is 257 g/mol.